The number of aromatic carboxylic acids is 1. The van der Waals surface area contributed by atoms with Crippen LogP contribution in [-0.4, -0.2) is 11.1 Å². The van der Waals surface area contributed by atoms with Crippen LogP contribution in [0.1, 0.15) is 15.9 Å². The van der Waals surface area contributed by atoms with Crippen LogP contribution in [0.25, 0.3) is 0 Å². The molecule has 0 aliphatic heterocycles. The summed E-state index contributed by atoms with van der Waals surface area (Å²) < 4.78 is 43.6. The molecule has 7 heteroatoms. The van der Waals surface area contributed by atoms with Crippen molar-refractivity contribution >= 4 is 11.7 Å². The number of hydrogen-bond acceptors (Lipinski definition) is 3. The van der Waals surface area contributed by atoms with E-state index in [1.807, 2.05) is 0 Å². The second kappa shape index (κ2) is 5.35. The summed E-state index contributed by atoms with van der Waals surface area (Å²) in [5, 5.41) is 8.92. The van der Waals surface area contributed by atoms with E-state index in [9.17, 15) is 18.0 Å². The zero-order valence-electron chi connectivity index (χ0n) is 10.5. The van der Waals surface area contributed by atoms with Crippen LogP contribution >= 0.6 is 0 Å². The van der Waals surface area contributed by atoms with Gasteiger partial charge in [0.1, 0.15) is 11.5 Å². The Morgan fingerprint density at radius 3 is 2.43 bits per heavy atom. The van der Waals surface area contributed by atoms with Crippen molar-refractivity contribution < 1.29 is 27.8 Å². The molecular formula is C14H10F3NO3. The first kappa shape index (κ1) is 14.7. The first-order chi connectivity index (χ1) is 9.79. The van der Waals surface area contributed by atoms with Crippen LogP contribution in [0.15, 0.2) is 42.5 Å². The molecule has 0 fully saturated rings. The first-order valence-corrected chi connectivity index (χ1v) is 5.76. The lowest BCUT2D eigenvalue weighted by atomic mass is 10.1. The van der Waals surface area contributed by atoms with Crippen molar-refractivity contribution in [3.05, 3.63) is 53.6 Å². The molecule has 4 nitrogen and oxygen atoms in total. The van der Waals surface area contributed by atoms with E-state index in [-0.39, 0.29) is 17.0 Å². The van der Waals surface area contributed by atoms with Gasteiger partial charge in [-0.3, -0.25) is 0 Å². The van der Waals surface area contributed by atoms with Crippen molar-refractivity contribution in [2.24, 2.45) is 0 Å². The van der Waals surface area contributed by atoms with Crippen molar-refractivity contribution in [3.63, 3.8) is 0 Å². The van der Waals surface area contributed by atoms with E-state index < -0.39 is 23.5 Å². The SMILES string of the molecule is Nc1ccc(Oc2ccccc2C(F)(F)F)cc1C(=O)O. The smallest absolute Gasteiger partial charge is 0.419 e. The summed E-state index contributed by atoms with van der Waals surface area (Å²) in [7, 11) is 0. The molecule has 3 N–H and O–H groups in total. The molecule has 0 spiro atoms. The monoisotopic (exact) mass is 297 g/mol. The number of nitrogens with two attached hydrogens (primary N) is 1. The standard InChI is InChI=1S/C14H10F3NO3/c15-14(16,17)10-3-1-2-4-12(10)21-8-5-6-11(18)9(7-8)13(19)20/h1-7H,18H2,(H,19,20). The number of benzene rings is 2. The summed E-state index contributed by atoms with van der Waals surface area (Å²) in [6, 6.07) is 8.29. The van der Waals surface area contributed by atoms with Gasteiger partial charge in [0.2, 0.25) is 0 Å². The largest absolute Gasteiger partial charge is 0.478 e. The molecule has 2 rings (SSSR count). The fraction of sp³-hybridized carbons (Fsp3) is 0.0714. The number of anilines is 1. The molecule has 0 bridgehead atoms. The van der Waals surface area contributed by atoms with Crippen molar-refractivity contribution in [1.82, 2.24) is 0 Å². The fourth-order valence-electron chi connectivity index (χ4n) is 1.70. The predicted octanol–water partition coefficient (Wildman–Crippen LogP) is 3.78. The maximum Gasteiger partial charge on any atom is 0.419 e. The summed E-state index contributed by atoms with van der Waals surface area (Å²) in [6.07, 6.45) is -4.57. The van der Waals surface area contributed by atoms with E-state index in [0.29, 0.717) is 0 Å². The molecule has 0 atom stereocenters. The maximum atomic E-state index is 12.8. The number of rotatable bonds is 3. The Morgan fingerprint density at radius 1 is 1.14 bits per heavy atom. The maximum absolute atomic E-state index is 12.8. The highest BCUT2D eigenvalue weighted by atomic mass is 19.4. The van der Waals surface area contributed by atoms with Gasteiger partial charge in [-0.25, -0.2) is 4.79 Å². The number of ether oxygens (including phenoxy) is 1. The first-order valence-electron chi connectivity index (χ1n) is 5.76. The highest BCUT2D eigenvalue weighted by Gasteiger charge is 2.34. The molecule has 0 amide bonds. The average Bonchev–Trinajstić information content (AvgIpc) is 2.40. The molecular weight excluding hydrogens is 287 g/mol. The lowest BCUT2D eigenvalue weighted by Gasteiger charge is -2.14. The van der Waals surface area contributed by atoms with Gasteiger partial charge in [-0.05, 0) is 30.3 Å². The van der Waals surface area contributed by atoms with Crippen LogP contribution in [-0.2, 0) is 6.18 Å². The molecule has 2 aromatic rings. The van der Waals surface area contributed by atoms with Crippen molar-refractivity contribution in [1.29, 1.82) is 0 Å². The second-order valence-electron chi connectivity index (χ2n) is 4.15. The van der Waals surface area contributed by atoms with E-state index in [0.717, 1.165) is 18.2 Å². The van der Waals surface area contributed by atoms with Crippen LogP contribution < -0.4 is 10.5 Å². The molecule has 0 saturated heterocycles. The van der Waals surface area contributed by atoms with Gasteiger partial charge in [0.25, 0.3) is 0 Å². The van der Waals surface area contributed by atoms with Gasteiger partial charge in [-0.1, -0.05) is 12.1 Å². The van der Waals surface area contributed by atoms with Crippen molar-refractivity contribution in [2.45, 2.75) is 6.18 Å². The Hall–Kier alpha value is -2.70. The molecule has 0 aliphatic rings. The normalized spacial score (nSPS) is 11.2. The van der Waals surface area contributed by atoms with E-state index in [4.69, 9.17) is 15.6 Å². The minimum absolute atomic E-state index is 0.000966. The Balaban J connectivity index is 2.40. The van der Waals surface area contributed by atoms with Crippen LogP contribution in [0, 0.1) is 0 Å². The Morgan fingerprint density at radius 2 is 1.81 bits per heavy atom. The number of para-hydroxylation sites is 1. The molecule has 0 radical (unpaired) electrons. The van der Waals surface area contributed by atoms with Gasteiger partial charge >= 0.3 is 12.1 Å². The summed E-state index contributed by atoms with van der Waals surface area (Å²) >= 11 is 0. The number of carboxylic acids is 1. The third-order valence-electron chi connectivity index (χ3n) is 2.68. The van der Waals surface area contributed by atoms with E-state index in [2.05, 4.69) is 0 Å². The van der Waals surface area contributed by atoms with Gasteiger partial charge in [-0.2, -0.15) is 13.2 Å². The lowest BCUT2D eigenvalue weighted by Crippen LogP contribution is -2.07. The Bertz CT molecular complexity index is 683. The highest BCUT2D eigenvalue weighted by molar-refractivity contribution is 5.94. The van der Waals surface area contributed by atoms with Crippen LogP contribution in [0.3, 0.4) is 0 Å². The topological polar surface area (TPSA) is 72.5 Å². The molecule has 0 unspecified atom stereocenters. The minimum Gasteiger partial charge on any atom is -0.478 e. The third-order valence-corrected chi connectivity index (χ3v) is 2.68. The predicted molar refractivity (Wildman–Crippen MR) is 69.3 cm³/mol. The molecule has 2 aromatic carbocycles. The zero-order valence-corrected chi connectivity index (χ0v) is 10.5. The van der Waals surface area contributed by atoms with Gasteiger partial charge < -0.3 is 15.6 Å². The quantitative estimate of drug-likeness (QED) is 0.846. The van der Waals surface area contributed by atoms with E-state index in [1.165, 1.54) is 24.3 Å². The number of alkyl halides is 3. The van der Waals surface area contributed by atoms with Gasteiger partial charge in [0, 0.05) is 5.69 Å². The van der Waals surface area contributed by atoms with Gasteiger partial charge in [-0.15, -0.1) is 0 Å². The summed E-state index contributed by atoms with van der Waals surface area (Å²) in [5.41, 5.74) is 4.28. The Labute approximate surface area is 117 Å². The van der Waals surface area contributed by atoms with Gasteiger partial charge in [0.05, 0.1) is 11.1 Å². The third kappa shape index (κ3) is 3.25. The van der Waals surface area contributed by atoms with Crippen molar-refractivity contribution in [2.75, 3.05) is 5.73 Å². The van der Waals surface area contributed by atoms with Crippen LogP contribution in [0.2, 0.25) is 0 Å². The zero-order chi connectivity index (χ0) is 15.6. The molecule has 0 heterocycles. The summed E-state index contributed by atoms with van der Waals surface area (Å²) in [6.45, 7) is 0. The van der Waals surface area contributed by atoms with Gasteiger partial charge in [0.15, 0.2) is 0 Å². The molecule has 0 aliphatic carbocycles. The van der Waals surface area contributed by atoms with E-state index >= 15 is 0 Å². The van der Waals surface area contributed by atoms with Crippen LogP contribution in [0.4, 0.5) is 18.9 Å². The Kier molecular flexibility index (Phi) is 3.75. The number of carboxylic acid groups (broad SMARTS) is 1. The van der Waals surface area contributed by atoms with Crippen molar-refractivity contribution in [3.8, 4) is 11.5 Å². The highest BCUT2D eigenvalue weighted by Crippen LogP contribution is 2.38. The molecule has 0 saturated carbocycles. The number of nitrogen functional groups attached to an aromatic ring is 1. The number of carbonyl (C=O) groups is 1. The second-order valence-corrected chi connectivity index (χ2v) is 4.15. The molecule has 21 heavy (non-hydrogen) atoms. The minimum atomic E-state index is -4.57. The lowest BCUT2D eigenvalue weighted by molar-refractivity contribution is -0.138. The molecule has 110 valence electrons. The van der Waals surface area contributed by atoms with Crippen LogP contribution in [0.5, 0.6) is 11.5 Å². The summed E-state index contributed by atoms with van der Waals surface area (Å²) in [4.78, 5) is 10.9. The van der Waals surface area contributed by atoms with E-state index in [1.54, 1.807) is 0 Å². The molecule has 0 aromatic heterocycles. The number of halogens is 3. The fourth-order valence-corrected chi connectivity index (χ4v) is 1.70. The number of hydrogen-bond donors (Lipinski definition) is 2. The summed E-state index contributed by atoms with van der Waals surface area (Å²) in [5.74, 6) is -1.74. The average molecular weight is 297 g/mol.